The van der Waals surface area contributed by atoms with Crippen LogP contribution in [0, 0.1) is 29.5 Å². The molecule has 0 N–H and O–H groups in total. The standard InChI is InChI=1S/C25H36ClFO2/c1-3-5-6-18-7-11-20(12-8-18)21-13-9-19(10-14-21)17-29-22-15-16-23(28-4-2)25(27)24(22)26/h3,15-16,18-21H,1,4-14,17H2,2H3. The predicted octanol–water partition coefficient (Wildman–Crippen LogP) is 7.84. The van der Waals surface area contributed by atoms with Gasteiger partial charge in [-0.2, -0.15) is 0 Å². The number of rotatable bonds is 9. The normalized spacial score (nSPS) is 27.4. The highest BCUT2D eigenvalue weighted by Gasteiger charge is 2.31. The molecule has 0 spiro atoms. The molecule has 0 bridgehead atoms. The van der Waals surface area contributed by atoms with Crippen LogP contribution in [0.1, 0.15) is 71.1 Å². The number of allylic oxidation sites excluding steroid dienone is 1. The van der Waals surface area contributed by atoms with Gasteiger partial charge in [-0.15, -0.1) is 6.58 Å². The molecule has 3 rings (SSSR count). The molecule has 2 nitrogen and oxygen atoms in total. The number of hydrogen-bond acceptors (Lipinski definition) is 2. The van der Waals surface area contributed by atoms with Gasteiger partial charge < -0.3 is 9.47 Å². The lowest BCUT2D eigenvalue weighted by Gasteiger charge is -2.37. The number of halogens is 2. The highest BCUT2D eigenvalue weighted by molar-refractivity contribution is 6.32. The highest BCUT2D eigenvalue weighted by atomic mass is 35.5. The fourth-order valence-corrected chi connectivity index (χ4v) is 5.44. The van der Waals surface area contributed by atoms with Crippen molar-refractivity contribution >= 4 is 11.6 Å². The van der Waals surface area contributed by atoms with Crippen LogP contribution in [-0.4, -0.2) is 13.2 Å². The first kappa shape index (κ1) is 22.5. The van der Waals surface area contributed by atoms with Crippen LogP contribution in [0.2, 0.25) is 5.02 Å². The average Bonchev–Trinajstić information content (AvgIpc) is 2.76. The Bertz CT molecular complexity index is 646. The van der Waals surface area contributed by atoms with Crippen LogP contribution in [0.3, 0.4) is 0 Å². The van der Waals surface area contributed by atoms with E-state index in [1.165, 1.54) is 64.2 Å². The summed E-state index contributed by atoms with van der Waals surface area (Å²) in [5.74, 6) is 3.36. The first-order valence-electron chi connectivity index (χ1n) is 11.5. The molecule has 2 fully saturated rings. The zero-order valence-electron chi connectivity index (χ0n) is 17.8. The van der Waals surface area contributed by atoms with Crippen molar-refractivity contribution in [2.75, 3.05) is 13.2 Å². The molecule has 0 aliphatic heterocycles. The van der Waals surface area contributed by atoms with Gasteiger partial charge in [0, 0.05) is 0 Å². The Morgan fingerprint density at radius 1 is 0.966 bits per heavy atom. The van der Waals surface area contributed by atoms with E-state index in [-0.39, 0.29) is 10.8 Å². The first-order valence-corrected chi connectivity index (χ1v) is 11.8. The number of benzene rings is 1. The van der Waals surface area contributed by atoms with E-state index in [0.717, 1.165) is 17.8 Å². The third-order valence-electron chi connectivity index (χ3n) is 7.01. The van der Waals surface area contributed by atoms with Gasteiger partial charge in [-0.3, -0.25) is 0 Å². The maximum Gasteiger partial charge on any atom is 0.187 e. The molecule has 0 amide bonds. The Hall–Kier alpha value is -1.22. The van der Waals surface area contributed by atoms with Crippen molar-refractivity contribution in [2.24, 2.45) is 23.7 Å². The molecule has 0 unspecified atom stereocenters. The van der Waals surface area contributed by atoms with Gasteiger partial charge in [0.05, 0.1) is 13.2 Å². The van der Waals surface area contributed by atoms with Gasteiger partial charge >= 0.3 is 0 Å². The topological polar surface area (TPSA) is 18.5 Å². The van der Waals surface area contributed by atoms with Gasteiger partial charge in [-0.25, -0.2) is 4.39 Å². The van der Waals surface area contributed by atoms with Crippen molar-refractivity contribution in [3.63, 3.8) is 0 Å². The molecule has 4 heteroatoms. The smallest absolute Gasteiger partial charge is 0.187 e. The third-order valence-corrected chi connectivity index (χ3v) is 7.37. The Balaban J connectivity index is 1.40. The monoisotopic (exact) mass is 422 g/mol. The number of hydrogen-bond donors (Lipinski definition) is 0. The van der Waals surface area contributed by atoms with Crippen LogP contribution in [0.15, 0.2) is 24.8 Å². The summed E-state index contributed by atoms with van der Waals surface area (Å²) in [6, 6.07) is 3.31. The molecular formula is C25H36ClFO2. The van der Waals surface area contributed by atoms with Crippen LogP contribution in [0.25, 0.3) is 0 Å². The molecule has 1 aromatic rings. The van der Waals surface area contributed by atoms with Crippen molar-refractivity contribution in [1.82, 2.24) is 0 Å². The Morgan fingerprint density at radius 3 is 2.14 bits per heavy atom. The fraction of sp³-hybridized carbons (Fsp3) is 0.680. The second kappa shape index (κ2) is 11.2. The predicted molar refractivity (Wildman–Crippen MR) is 118 cm³/mol. The third kappa shape index (κ3) is 6.13. The second-order valence-electron chi connectivity index (χ2n) is 8.86. The Kier molecular flexibility index (Phi) is 8.71. The van der Waals surface area contributed by atoms with Crippen molar-refractivity contribution in [3.8, 4) is 11.5 Å². The van der Waals surface area contributed by atoms with E-state index in [1.807, 2.05) is 6.92 Å². The summed E-state index contributed by atoms with van der Waals surface area (Å²) in [7, 11) is 0. The lowest BCUT2D eigenvalue weighted by molar-refractivity contribution is 0.122. The van der Waals surface area contributed by atoms with Gasteiger partial charge in [-0.1, -0.05) is 30.5 Å². The molecule has 0 atom stereocenters. The summed E-state index contributed by atoms with van der Waals surface area (Å²) in [5.41, 5.74) is 0. The maximum atomic E-state index is 14.2. The van der Waals surface area contributed by atoms with Crippen molar-refractivity contribution in [1.29, 1.82) is 0 Å². The first-order chi connectivity index (χ1) is 14.1. The molecule has 29 heavy (non-hydrogen) atoms. The minimum atomic E-state index is -0.529. The maximum absolute atomic E-state index is 14.2. The quantitative estimate of drug-likeness (QED) is 0.377. The van der Waals surface area contributed by atoms with Crippen molar-refractivity contribution < 1.29 is 13.9 Å². The van der Waals surface area contributed by atoms with E-state index in [4.69, 9.17) is 21.1 Å². The SMILES string of the molecule is C=CCCC1CCC(C2CCC(COc3ccc(OCC)c(F)c3Cl)CC2)CC1. The van der Waals surface area contributed by atoms with E-state index in [2.05, 4.69) is 12.7 Å². The molecule has 2 saturated carbocycles. The summed E-state index contributed by atoms with van der Waals surface area (Å²) < 4.78 is 25.4. The summed E-state index contributed by atoms with van der Waals surface area (Å²) in [6.45, 7) is 6.70. The fourth-order valence-electron chi connectivity index (χ4n) is 5.23. The average molecular weight is 423 g/mol. The van der Waals surface area contributed by atoms with Crippen molar-refractivity contribution in [2.45, 2.75) is 71.1 Å². The lowest BCUT2D eigenvalue weighted by Crippen LogP contribution is -2.27. The summed E-state index contributed by atoms with van der Waals surface area (Å²) in [6.07, 6.45) is 15.2. The van der Waals surface area contributed by atoms with E-state index < -0.39 is 5.82 Å². The summed E-state index contributed by atoms with van der Waals surface area (Å²) in [5, 5.41) is 0.0258. The molecule has 2 aliphatic carbocycles. The second-order valence-corrected chi connectivity index (χ2v) is 9.24. The molecule has 1 aromatic carbocycles. The van der Waals surface area contributed by atoms with E-state index in [0.29, 0.717) is 24.9 Å². The van der Waals surface area contributed by atoms with Gasteiger partial charge in [0.15, 0.2) is 11.6 Å². The van der Waals surface area contributed by atoms with Crippen LogP contribution < -0.4 is 9.47 Å². The van der Waals surface area contributed by atoms with Gasteiger partial charge in [0.1, 0.15) is 10.8 Å². The molecule has 2 aliphatic rings. The molecule has 0 aromatic heterocycles. The minimum Gasteiger partial charge on any atom is -0.492 e. The summed E-state index contributed by atoms with van der Waals surface area (Å²) in [4.78, 5) is 0. The minimum absolute atomic E-state index is 0.0258. The zero-order chi connectivity index (χ0) is 20.6. The molecule has 162 valence electrons. The highest BCUT2D eigenvalue weighted by Crippen LogP contribution is 2.42. The van der Waals surface area contributed by atoms with Gasteiger partial charge in [0.25, 0.3) is 0 Å². The molecule has 0 radical (unpaired) electrons. The van der Waals surface area contributed by atoms with E-state index in [1.54, 1.807) is 12.1 Å². The van der Waals surface area contributed by atoms with Crippen LogP contribution in [0.4, 0.5) is 4.39 Å². The Labute approximate surface area is 180 Å². The largest absolute Gasteiger partial charge is 0.492 e. The van der Waals surface area contributed by atoms with Crippen LogP contribution in [0.5, 0.6) is 11.5 Å². The summed E-state index contributed by atoms with van der Waals surface area (Å²) >= 11 is 6.13. The van der Waals surface area contributed by atoms with E-state index >= 15 is 0 Å². The lowest BCUT2D eigenvalue weighted by atomic mass is 9.69. The van der Waals surface area contributed by atoms with Gasteiger partial charge in [0.2, 0.25) is 0 Å². The van der Waals surface area contributed by atoms with Crippen LogP contribution in [-0.2, 0) is 0 Å². The molecular weight excluding hydrogens is 387 g/mol. The molecule has 0 heterocycles. The number of ether oxygens (including phenoxy) is 2. The molecule has 0 saturated heterocycles. The Morgan fingerprint density at radius 2 is 1.55 bits per heavy atom. The van der Waals surface area contributed by atoms with Crippen LogP contribution >= 0.6 is 11.6 Å². The van der Waals surface area contributed by atoms with Gasteiger partial charge in [-0.05, 0) is 94.1 Å². The zero-order valence-corrected chi connectivity index (χ0v) is 18.6. The van der Waals surface area contributed by atoms with E-state index in [9.17, 15) is 4.39 Å². The van der Waals surface area contributed by atoms with Crippen molar-refractivity contribution in [3.05, 3.63) is 35.6 Å².